The fraction of sp³-hybridized carbons (Fsp3) is 0.127. The third kappa shape index (κ3) is 9.16. The molecular formula is C55H46N5O12+. The summed E-state index contributed by atoms with van der Waals surface area (Å²) in [5, 5.41) is 48.7. The van der Waals surface area contributed by atoms with Gasteiger partial charge in [0.15, 0.2) is 5.43 Å². The molecule has 0 atom stereocenters. The van der Waals surface area contributed by atoms with Crippen molar-refractivity contribution in [1.82, 2.24) is 20.2 Å². The third-order valence-electron chi connectivity index (χ3n) is 12.1. The molecule has 0 saturated carbocycles. The summed E-state index contributed by atoms with van der Waals surface area (Å²) in [4.78, 5) is 82.8. The monoisotopic (exact) mass is 968 g/mol. The molecular weight excluding hydrogens is 923 g/mol. The number of carbonyl (C=O) groups is 5. The maximum atomic E-state index is 13.6. The second-order valence-corrected chi connectivity index (χ2v) is 17.1. The molecule has 362 valence electrons. The van der Waals surface area contributed by atoms with Gasteiger partial charge in [-0.05, 0) is 89.5 Å². The van der Waals surface area contributed by atoms with E-state index in [-0.39, 0.29) is 82.2 Å². The first-order valence-corrected chi connectivity index (χ1v) is 21.9. The number of amides is 2. The van der Waals surface area contributed by atoms with E-state index in [4.69, 9.17) is 8.83 Å². The number of carboxylic acids is 3. The molecule has 4 aliphatic rings. The van der Waals surface area contributed by atoms with Gasteiger partial charge >= 0.3 is 17.9 Å². The topological polar surface area (TPSA) is 253 Å². The van der Waals surface area contributed by atoms with Crippen LogP contribution in [0.2, 0.25) is 0 Å². The highest BCUT2D eigenvalue weighted by molar-refractivity contribution is 6.11. The average Bonchev–Trinajstić information content (AvgIpc) is 3.35. The largest absolute Gasteiger partial charge is 0.507 e. The molecule has 0 fully saturated rings. The third-order valence-corrected chi connectivity index (χ3v) is 12.1. The molecule has 0 spiro atoms. The van der Waals surface area contributed by atoms with Crippen molar-refractivity contribution in [3.05, 3.63) is 176 Å². The Labute approximate surface area is 409 Å². The van der Waals surface area contributed by atoms with Crippen LogP contribution in [0.4, 0.5) is 5.69 Å². The van der Waals surface area contributed by atoms with Crippen LogP contribution in [-0.2, 0) is 13.1 Å². The first-order valence-electron chi connectivity index (χ1n) is 21.9. The molecule has 17 nitrogen and oxygen atoms in total. The molecule has 5 aromatic rings. The van der Waals surface area contributed by atoms with E-state index < -0.39 is 35.2 Å². The number of phenolic OH excluding ortho intramolecular Hbond substituents is 1. The smallest absolute Gasteiger partial charge is 0.336 e. The molecule has 1 aromatic heterocycles. The van der Waals surface area contributed by atoms with E-state index in [2.05, 4.69) is 15.6 Å². The minimum atomic E-state index is -1.40. The molecule has 0 bridgehead atoms. The maximum absolute atomic E-state index is 13.6. The zero-order chi connectivity index (χ0) is 50.4. The normalized spacial score (nSPS) is 11.1. The quantitative estimate of drug-likeness (QED) is 0.0504. The Morgan fingerprint density at radius 3 is 1.88 bits per heavy atom. The lowest BCUT2D eigenvalue weighted by molar-refractivity contribution is 0.0682. The number of aromatic nitrogens is 1. The minimum Gasteiger partial charge on any atom is -0.507 e. The first-order chi connectivity index (χ1) is 34.0. The lowest BCUT2D eigenvalue weighted by Crippen LogP contribution is -2.25. The molecule has 2 aliphatic carbocycles. The Balaban J connectivity index is 0.00000693. The van der Waals surface area contributed by atoms with Gasteiger partial charge in [-0.3, -0.25) is 19.4 Å². The molecule has 72 heavy (non-hydrogen) atoms. The van der Waals surface area contributed by atoms with E-state index >= 15 is 0 Å². The number of nitrogens with zero attached hydrogens (tertiary/aromatic N) is 3. The SMILES string of the molecule is C.CN(C)c1ccc2c(-c3ccc(C(=O)NCc4ccc(C(=O)NCc5c(O)ccc6c(-c7ccc(C(=O)O)cc7C(=O)O)c7ccc(=O)cc-7oc56)nc4)cc3C(=O)O)c3ccc(=[N+](C)C)cc-3oc2c1. The molecule has 17 heteroatoms. The highest BCUT2D eigenvalue weighted by Crippen LogP contribution is 2.45. The van der Waals surface area contributed by atoms with Gasteiger partial charge in [0.05, 0.1) is 34.9 Å². The van der Waals surface area contributed by atoms with Gasteiger partial charge in [-0.1, -0.05) is 25.6 Å². The zero-order valence-electron chi connectivity index (χ0n) is 38.4. The lowest BCUT2D eigenvalue weighted by Gasteiger charge is -2.19. The molecule has 2 aliphatic heterocycles. The van der Waals surface area contributed by atoms with Crippen LogP contribution < -0.4 is 30.9 Å². The number of phenols is 1. The number of nitrogens with one attached hydrogen (secondary N) is 2. The van der Waals surface area contributed by atoms with E-state index in [9.17, 15) is 49.2 Å². The molecule has 3 heterocycles. The van der Waals surface area contributed by atoms with E-state index in [1.165, 1.54) is 60.8 Å². The second-order valence-electron chi connectivity index (χ2n) is 17.1. The van der Waals surface area contributed by atoms with Crippen molar-refractivity contribution in [2.24, 2.45) is 0 Å². The maximum Gasteiger partial charge on any atom is 0.336 e. The summed E-state index contributed by atoms with van der Waals surface area (Å²) in [6.07, 6.45) is 1.39. The summed E-state index contributed by atoms with van der Waals surface area (Å²) in [5.74, 6) is -4.85. The summed E-state index contributed by atoms with van der Waals surface area (Å²) in [6.45, 7) is -0.333. The fourth-order valence-corrected chi connectivity index (χ4v) is 8.51. The van der Waals surface area contributed by atoms with E-state index in [1.807, 2.05) is 74.1 Å². The number of benzene rings is 6. The minimum absolute atomic E-state index is 0. The van der Waals surface area contributed by atoms with Crippen LogP contribution in [0.15, 0.2) is 135 Å². The van der Waals surface area contributed by atoms with Gasteiger partial charge in [0.1, 0.15) is 48.2 Å². The molecule has 2 amide bonds. The Bertz CT molecular complexity index is 3780. The highest BCUT2D eigenvalue weighted by Gasteiger charge is 2.27. The van der Waals surface area contributed by atoms with Gasteiger partial charge < -0.3 is 44.8 Å². The van der Waals surface area contributed by atoms with Gasteiger partial charge in [0, 0.05) is 89.3 Å². The van der Waals surface area contributed by atoms with Crippen molar-refractivity contribution in [2.45, 2.75) is 20.5 Å². The van der Waals surface area contributed by atoms with Crippen LogP contribution in [0.5, 0.6) is 5.75 Å². The fourth-order valence-electron chi connectivity index (χ4n) is 8.51. The van der Waals surface area contributed by atoms with Crippen LogP contribution in [0, 0.1) is 0 Å². The predicted octanol–water partition coefficient (Wildman–Crippen LogP) is 7.87. The van der Waals surface area contributed by atoms with Crippen LogP contribution in [0.1, 0.15) is 70.5 Å². The van der Waals surface area contributed by atoms with Crippen molar-refractivity contribution in [2.75, 3.05) is 33.1 Å². The Morgan fingerprint density at radius 2 is 1.24 bits per heavy atom. The molecule has 0 unspecified atom stereocenters. The standard InChI is InChI=1S/C54H41N5O12.CH4/c1-58(2)30-8-13-35-44(21-30)70-45-22-31(59(3)4)9-14-36(45)47(35)33-11-6-28(19-39(33)53(66)67)50(62)56-25-27-5-17-42(55-24-27)51(63)57-26-41-43(61)18-16-38-48(37-15-10-32(60)23-46(37)71-49(38)41)34-12-7-29(52(64)65)20-40(34)54(68)69;/h5-24H,25-26H2,1-4H3,(H5-,56,57,60,61,62,63,64,65,66,67,68,69);1H4/p+1. The van der Waals surface area contributed by atoms with E-state index in [0.717, 1.165) is 17.1 Å². The number of fused-ring (bicyclic) bond motifs is 4. The van der Waals surface area contributed by atoms with Crippen molar-refractivity contribution in [3.63, 3.8) is 0 Å². The van der Waals surface area contributed by atoms with Gasteiger partial charge in [-0.25, -0.2) is 19.0 Å². The van der Waals surface area contributed by atoms with Gasteiger partial charge in [-0.15, -0.1) is 0 Å². The molecule has 9 rings (SSSR count). The lowest BCUT2D eigenvalue weighted by atomic mass is 9.89. The number of hydrogen-bond donors (Lipinski definition) is 6. The molecule has 0 saturated heterocycles. The number of anilines is 1. The number of aromatic carboxylic acids is 3. The van der Waals surface area contributed by atoms with Gasteiger partial charge in [0.2, 0.25) is 5.36 Å². The number of carbonyl (C=O) groups excluding carboxylic acids is 2. The highest BCUT2D eigenvalue weighted by atomic mass is 16.4. The first kappa shape index (κ1) is 48.8. The Kier molecular flexibility index (Phi) is 13.1. The number of carboxylic acid groups (broad SMARTS) is 3. The molecule has 6 N–H and O–H groups in total. The summed E-state index contributed by atoms with van der Waals surface area (Å²) in [5.41, 5.74) is 3.54. The second kappa shape index (κ2) is 19.4. The Hall–Kier alpha value is -9.64. The van der Waals surface area contributed by atoms with E-state index in [1.54, 1.807) is 18.2 Å². The summed E-state index contributed by atoms with van der Waals surface area (Å²) >= 11 is 0. The van der Waals surface area contributed by atoms with Crippen molar-refractivity contribution < 1.29 is 53.2 Å². The van der Waals surface area contributed by atoms with Crippen LogP contribution in [-0.4, -0.2) is 83.3 Å². The predicted molar refractivity (Wildman–Crippen MR) is 270 cm³/mol. The number of pyridine rings is 1. The summed E-state index contributed by atoms with van der Waals surface area (Å²) in [7, 11) is 7.65. The number of aromatic hydroxyl groups is 1. The van der Waals surface area contributed by atoms with Crippen LogP contribution in [0.25, 0.3) is 66.8 Å². The Morgan fingerprint density at radius 1 is 0.625 bits per heavy atom. The number of rotatable bonds is 12. The van der Waals surface area contributed by atoms with Crippen molar-refractivity contribution >= 4 is 57.3 Å². The van der Waals surface area contributed by atoms with Crippen LogP contribution >= 0.6 is 0 Å². The van der Waals surface area contributed by atoms with Gasteiger partial charge in [0.25, 0.3) is 11.8 Å². The van der Waals surface area contributed by atoms with Crippen molar-refractivity contribution in [3.8, 4) is 50.7 Å². The summed E-state index contributed by atoms with van der Waals surface area (Å²) < 4.78 is 14.5. The zero-order valence-corrected chi connectivity index (χ0v) is 38.4. The molecule has 0 radical (unpaired) electrons. The summed E-state index contributed by atoms with van der Waals surface area (Å²) in [6, 6.07) is 29.3. The van der Waals surface area contributed by atoms with E-state index in [0.29, 0.717) is 49.9 Å². The van der Waals surface area contributed by atoms with Crippen LogP contribution in [0.3, 0.4) is 0 Å². The number of hydrogen-bond acceptors (Lipinski definition) is 11. The van der Waals surface area contributed by atoms with Crippen molar-refractivity contribution in [1.29, 1.82) is 0 Å². The average molecular weight is 969 g/mol. The molecule has 4 aromatic carbocycles. The van der Waals surface area contributed by atoms with Gasteiger partial charge in [-0.2, -0.15) is 0 Å².